The van der Waals surface area contributed by atoms with Crippen LogP contribution in [0.1, 0.15) is 29.0 Å². The number of allylic oxidation sites excluding steroid dienone is 1. The largest absolute Gasteiger partial charge is 0.504 e. The van der Waals surface area contributed by atoms with Gasteiger partial charge in [0.25, 0.3) is 0 Å². The molecule has 1 atom stereocenters. The molecule has 4 N–H and O–H groups in total. The molecule has 0 spiro atoms. The van der Waals surface area contributed by atoms with E-state index in [0.29, 0.717) is 12.0 Å². The van der Waals surface area contributed by atoms with Crippen molar-refractivity contribution in [1.29, 1.82) is 0 Å². The Kier molecular flexibility index (Phi) is 2.79. The Hall–Kier alpha value is -2.62. The Bertz CT molecular complexity index is 704. The number of fused-ring (bicyclic) bond motifs is 1. The molecule has 102 valence electrons. The first kappa shape index (κ1) is 12.4. The van der Waals surface area contributed by atoms with Gasteiger partial charge in [0.2, 0.25) is 0 Å². The predicted octanol–water partition coefficient (Wildman–Crippen LogP) is 3.06. The summed E-state index contributed by atoms with van der Waals surface area (Å²) in [4.78, 5) is 0. The molecule has 20 heavy (non-hydrogen) atoms. The van der Waals surface area contributed by atoms with Gasteiger partial charge in [0, 0.05) is 11.5 Å². The number of phenolic OH excluding ortho intramolecular Hbond substituents is 4. The Morgan fingerprint density at radius 2 is 1.60 bits per heavy atom. The van der Waals surface area contributed by atoms with Gasteiger partial charge >= 0.3 is 0 Å². The van der Waals surface area contributed by atoms with Gasteiger partial charge in [-0.25, -0.2) is 0 Å². The van der Waals surface area contributed by atoms with Crippen LogP contribution in [-0.4, -0.2) is 20.4 Å². The quantitative estimate of drug-likeness (QED) is 0.600. The molecular formula is C16H14O4. The second-order valence-corrected chi connectivity index (χ2v) is 4.88. The zero-order valence-electron chi connectivity index (χ0n) is 10.6. The highest BCUT2D eigenvalue weighted by Gasteiger charge is 2.24. The second-order valence-electron chi connectivity index (χ2n) is 4.88. The standard InChI is InChI=1S/C16H14O4/c17-12-6-5-10(8-14(12)19)11-3-1-2-9-4-7-13(18)16(20)15(9)11/h1-2,4-8,11,17-20H,3H2. The van der Waals surface area contributed by atoms with Gasteiger partial charge < -0.3 is 20.4 Å². The third-order valence-corrected chi connectivity index (χ3v) is 3.65. The third kappa shape index (κ3) is 1.86. The molecule has 0 radical (unpaired) electrons. The Morgan fingerprint density at radius 3 is 2.35 bits per heavy atom. The summed E-state index contributed by atoms with van der Waals surface area (Å²) in [6.45, 7) is 0. The zero-order chi connectivity index (χ0) is 14.3. The molecule has 4 nitrogen and oxygen atoms in total. The Labute approximate surface area is 115 Å². The van der Waals surface area contributed by atoms with Crippen molar-refractivity contribution in [2.24, 2.45) is 0 Å². The Balaban J connectivity index is 2.16. The first-order valence-corrected chi connectivity index (χ1v) is 6.31. The highest BCUT2D eigenvalue weighted by molar-refractivity contribution is 5.66. The van der Waals surface area contributed by atoms with Crippen LogP contribution < -0.4 is 0 Å². The van der Waals surface area contributed by atoms with E-state index in [1.54, 1.807) is 12.1 Å². The molecule has 4 heteroatoms. The maximum Gasteiger partial charge on any atom is 0.161 e. The number of hydrogen-bond donors (Lipinski definition) is 4. The van der Waals surface area contributed by atoms with Crippen LogP contribution in [0.2, 0.25) is 0 Å². The minimum atomic E-state index is -0.196. The van der Waals surface area contributed by atoms with Crippen LogP contribution in [0.4, 0.5) is 0 Å². The molecule has 0 saturated heterocycles. The number of hydrogen-bond acceptors (Lipinski definition) is 4. The molecule has 1 aliphatic rings. The third-order valence-electron chi connectivity index (χ3n) is 3.65. The van der Waals surface area contributed by atoms with Crippen LogP contribution in [0.25, 0.3) is 6.08 Å². The van der Waals surface area contributed by atoms with Gasteiger partial charge in [-0.05, 0) is 35.7 Å². The van der Waals surface area contributed by atoms with Crippen molar-refractivity contribution >= 4 is 6.08 Å². The number of phenols is 4. The lowest BCUT2D eigenvalue weighted by atomic mass is 9.81. The average Bonchev–Trinajstić information content (AvgIpc) is 2.45. The molecule has 3 rings (SSSR count). The molecule has 0 heterocycles. The summed E-state index contributed by atoms with van der Waals surface area (Å²) >= 11 is 0. The molecular weight excluding hydrogens is 256 g/mol. The molecule has 0 saturated carbocycles. The Morgan fingerprint density at radius 1 is 0.850 bits per heavy atom. The first-order valence-electron chi connectivity index (χ1n) is 6.31. The van der Waals surface area contributed by atoms with Gasteiger partial charge in [0.1, 0.15) is 0 Å². The summed E-state index contributed by atoms with van der Waals surface area (Å²) in [6.07, 6.45) is 4.52. The fourth-order valence-electron chi connectivity index (χ4n) is 2.63. The fraction of sp³-hybridized carbons (Fsp3) is 0.125. The highest BCUT2D eigenvalue weighted by atomic mass is 16.3. The highest BCUT2D eigenvalue weighted by Crippen LogP contribution is 2.45. The van der Waals surface area contributed by atoms with E-state index in [2.05, 4.69) is 0 Å². The van der Waals surface area contributed by atoms with Crippen LogP contribution in [0.15, 0.2) is 36.4 Å². The fourth-order valence-corrected chi connectivity index (χ4v) is 2.63. The van der Waals surface area contributed by atoms with Gasteiger partial charge in [-0.3, -0.25) is 0 Å². The van der Waals surface area contributed by atoms with Crippen LogP contribution in [0.5, 0.6) is 23.0 Å². The second kappa shape index (κ2) is 4.49. The van der Waals surface area contributed by atoms with Crippen molar-refractivity contribution in [3.63, 3.8) is 0 Å². The molecule has 0 bridgehead atoms. The van der Waals surface area contributed by atoms with E-state index in [0.717, 1.165) is 11.1 Å². The van der Waals surface area contributed by atoms with Crippen molar-refractivity contribution in [2.45, 2.75) is 12.3 Å². The van der Waals surface area contributed by atoms with Crippen molar-refractivity contribution in [2.75, 3.05) is 0 Å². The molecule has 1 unspecified atom stereocenters. The molecule has 0 amide bonds. The molecule has 0 aliphatic heterocycles. The van der Waals surface area contributed by atoms with Crippen molar-refractivity contribution < 1.29 is 20.4 Å². The van der Waals surface area contributed by atoms with Gasteiger partial charge in [0.15, 0.2) is 23.0 Å². The van der Waals surface area contributed by atoms with E-state index in [9.17, 15) is 20.4 Å². The van der Waals surface area contributed by atoms with Crippen molar-refractivity contribution in [3.8, 4) is 23.0 Å². The lowest BCUT2D eigenvalue weighted by Crippen LogP contribution is -2.06. The molecule has 2 aromatic carbocycles. The smallest absolute Gasteiger partial charge is 0.161 e. The van der Waals surface area contributed by atoms with E-state index in [4.69, 9.17) is 0 Å². The average molecular weight is 270 g/mol. The lowest BCUT2D eigenvalue weighted by Gasteiger charge is -2.24. The minimum Gasteiger partial charge on any atom is -0.504 e. The number of rotatable bonds is 1. The van der Waals surface area contributed by atoms with Crippen LogP contribution >= 0.6 is 0 Å². The summed E-state index contributed by atoms with van der Waals surface area (Å²) in [6, 6.07) is 7.80. The summed E-state index contributed by atoms with van der Waals surface area (Å²) in [5.74, 6) is -0.844. The van der Waals surface area contributed by atoms with Gasteiger partial charge in [0.05, 0.1) is 0 Å². The topological polar surface area (TPSA) is 80.9 Å². The van der Waals surface area contributed by atoms with E-state index < -0.39 is 0 Å². The molecule has 0 aromatic heterocycles. The minimum absolute atomic E-state index is 0.135. The van der Waals surface area contributed by atoms with Crippen molar-refractivity contribution in [3.05, 3.63) is 53.1 Å². The van der Waals surface area contributed by atoms with E-state index >= 15 is 0 Å². The van der Waals surface area contributed by atoms with Crippen LogP contribution in [-0.2, 0) is 0 Å². The summed E-state index contributed by atoms with van der Waals surface area (Å²) in [5.41, 5.74) is 2.24. The van der Waals surface area contributed by atoms with Crippen molar-refractivity contribution in [1.82, 2.24) is 0 Å². The summed E-state index contributed by atoms with van der Waals surface area (Å²) < 4.78 is 0. The maximum absolute atomic E-state index is 10.1. The van der Waals surface area contributed by atoms with Crippen LogP contribution in [0, 0.1) is 0 Å². The summed E-state index contributed by atoms with van der Waals surface area (Å²) in [7, 11) is 0. The molecule has 1 aliphatic carbocycles. The van der Waals surface area contributed by atoms with E-state index in [1.165, 1.54) is 18.2 Å². The van der Waals surface area contributed by atoms with E-state index in [1.807, 2.05) is 12.2 Å². The molecule has 2 aromatic rings. The first-order chi connectivity index (χ1) is 9.58. The normalized spacial score (nSPS) is 16.9. The lowest BCUT2D eigenvalue weighted by molar-refractivity contribution is 0.396. The molecule has 0 fully saturated rings. The number of aromatic hydroxyl groups is 4. The van der Waals surface area contributed by atoms with Gasteiger partial charge in [-0.2, -0.15) is 0 Å². The SMILES string of the molecule is Oc1ccc(C2CC=Cc3ccc(O)c(O)c32)cc1O. The van der Waals surface area contributed by atoms with Crippen LogP contribution in [0.3, 0.4) is 0 Å². The summed E-state index contributed by atoms with van der Waals surface area (Å²) in [5, 5.41) is 38.8. The van der Waals surface area contributed by atoms with Gasteiger partial charge in [-0.15, -0.1) is 0 Å². The maximum atomic E-state index is 10.1. The van der Waals surface area contributed by atoms with E-state index in [-0.39, 0.29) is 28.9 Å². The number of benzene rings is 2. The van der Waals surface area contributed by atoms with Gasteiger partial charge in [-0.1, -0.05) is 24.3 Å². The monoisotopic (exact) mass is 270 g/mol. The predicted molar refractivity (Wildman–Crippen MR) is 75.0 cm³/mol. The zero-order valence-corrected chi connectivity index (χ0v) is 10.6.